The molecule has 21 heavy (non-hydrogen) atoms. The van der Waals surface area contributed by atoms with Gasteiger partial charge in [0.2, 0.25) is 0 Å². The van der Waals surface area contributed by atoms with Gasteiger partial charge in [0, 0.05) is 24.7 Å². The van der Waals surface area contributed by atoms with Crippen LogP contribution in [0.5, 0.6) is 0 Å². The Bertz CT molecular complexity index is 673. The molecule has 0 bridgehead atoms. The van der Waals surface area contributed by atoms with E-state index in [0.717, 1.165) is 28.6 Å². The fourth-order valence-electron chi connectivity index (χ4n) is 3.16. The fourth-order valence-corrected chi connectivity index (χ4v) is 4.28. The Kier molecular flexibility index (Phi) is 3.85. The van der Waals surface area contributed by atoms with Crippen molar-refractivity contribution in [3.05, 3.63) is 22.7 Å². The molecule has 0 radical (unpaired) electrons. The van der Waals surface area contributed by atoms with E-state index >= 15 is 0 Å². The number of nitrogens with two attached hydrogens (primary N) is 1. The number of aryl methyl sites for hydroxylation is 1. The molecule has 0 aliphatic heterocycles. The van der Waals surface area contributed by atoms with Crippen LogP contribution < -0.4 is 5.73 Å². The summed E-state index contributed by atoms with van der Waals surface area (Å²) in [6.07, 6.45) is 7.68. The highest BCUT2D eigenvalue weighted by molar-refractivity contribution is 7.21. The van der Waals surface area contributed by atoms with Gasteiger partial charge >= 0.3 is 0 Å². The van der Waals surface area contributed by atoms with E-state index in [1.54, 1.807) is 6.20 Å². The number of hydrogen-bond donors (Lipinski definition) is 1. The molecule has 1 amide bonds. The summed E-state index contributed by atoms with van der Waals surface area (Å²) in [5.41, 5.74) is 7.90. The highest BCUT2D eigenvalue weighted by Gasteiger charge is 2.26. The predicted molar refractivity (Wildman–Crippen MR) is 87.7 cm³/mol. The Labute approximate surface area is 129 Å². The first-order valence-corrected chi connectivity index (χ1v) is 8.32. The summed E-state index contributed by atoms with van der Waals surface area (Å²) in [5.74, 6) is 0.0433. The van der Waals surface area contributed by atoms with Crippen molar-refractivity contribution in [1.82, 2.24) is 9.88 Å². The first-order chi connectivity index (χ1) is 10.1. The smallest absolute Gasteiger partial charge is 0.266 e. The van der Waals surface area contributed by atoms with E-state index < -0.39 is 0 Å². The van der Waals surface area contributed by atoms with Gasteiger partial charge in [0.05, 0.1) is 5.69 Å². The van der Waals surface area contributed by atoms with Gasteiger partial charge in [0.1, 0.15) is 9.71 Å². The van der Waals surface area contributed by atoms with Gasteiger partial charge in [-0.1, -0.05) is 19.3 Å². The van der Waals surface area contributed by atoms with Crippen molar-refractivity contribution < 1.29 is 4.79 Å². The van der Waals surface area contributed by atoms with Crippen molar-refractivity contribution in [2.75, 3.05) is 12.8 Å². The number of pyridine rings is 1. The van der Waals surface area contributed by atoms with Crippen LogP contribution in [0.4, 0.5) is 5.69 Å². The number of nitrogen functional groups attached to an aromatic ring is 1. The van der Waals surface area contributed by atoms with E-state index in [9.17, 15) is 4.79 Å². The van der Waals surface area contributed by atoms with Gasteiger partial charge in [-0.05, 0) is 31.4 Å². The number of thiophene rings is 1. The van der Waals surface area contributed by atoms with Crippen LogP contribution in [0.3, 0.4) is 0 Å². The zero-order valence-electron chi connectivity index (χ0n) is 12.6. The van der Waals surface area contributed by atoms with E-state index in [-0.39, 0.29) is 5.91 Å². The molecule has 2 N–H and O–H groups in total. The molecule has 2 aromatic rings. The maximum absolute atomic E-state index is 12.8. The molecule has 0 saturated heterocycles. The molecule has 1 aliphatic rings. The number of nitrogens with zero attached hydrogens (tertiary/aromatic N) is 2. The molecule has 2 aromatic heterocycles. The van der Waals surface area contributed by atoms with Gasteiger partial charge in [0.15, 0.2) is 0 Å². The number of rotatable bonds is 2. The Hall–Kier alpha value is -1.62. The number of hydrogen-bond acceptors (Lipinski definition) is 4. The summed E-state index contributed by atoms with van der Waals surface area (Å²) >= 11 is 1.41. The Morgan fingerprint density at radius 3 is 2.76 bits per heavy atom. The quantitative estimate of drug-likeness (QED) is 0.922. The molecule has 2 heterocycles. The van der Waals surface area contributed by atoms with Crippen LogP contribution in [0.2, 0.25) is 0 Å². The molecular formula is C16H21N3OS. The van der Waals surface area contributed by atoms with Crippen molar-refractivity contribution >= 4 is 33.1 Å². The summed E-state index contributed by atoms with van der Waals surface area (Å²) < 4.78 is 0. The maximum Gasteiger partial charge on any atom is 0.266 e. The van der Waals surface area contributed by atoms with Gasteiger partial charge in [-0.2, -0.15) is 0 Å². The van der Waals surface area contributed by atoms with Crippen LogP contribution in [0, 0.1) is 6.92 Å². The van der Waals surface area contributed by atoms with Crippen LogP contribution in [0.1, 0.15) is 47.3 Å². The minimum absolute atomic E-state index is 0.0433. The molecular weight excluding hydrogens is 282 g/mol. The van der Waals surface area contributed by atoms with Gasteiger partial charge in [0.25, 0.3) is 5.91 Å². The monoisotopic (exact) mass is 303 g/mol. The highest BCUT2D eigenvalue weighted by atomic mass is 32.1. The van der Waals surface area contributed by atoms with Crippen molar-refractivity contribution in [2.45, 2.75) is 45.1 Å². The zero-order valence-corrected chi connectivity index (χ0v) is 13.4. The number of carbonyl (C=O) groups excluding carboxylic acids is 1. The average Bonchev–Trinajstić information content (AvgIpc) is 2.85. The molecule has 0 spiro atoms. The van der Waals surface area contributed by atoms with E-state index in [0.29, 0.717) is 16.6 Å². The first-order valence-electron chi connectivity index (χ1n) is 7.50. The topological polar surface area (TPSA) is 59.2 Å². The van der Waals surface area contributed by atoms with E-state index in [1.807, 2.05) is 24.9 Å². The Morgan fingerprint density at radius 2 is 2.10 bits per heavy atom. The van der Waals surface area contributed by atoms with E-state index in [2.05, 4.69) is 4.98 Å². The third-order valence-electron chi connectivity index (χ3n) is 4.47. The second-order valence-electron chi connectivity index (χ2n) is 5.86. The number of fused-ring (bicyclic) bond motifs is 1. The standard InChI is InChI=1S/C16H21N3OS/c1-10-8-9-18-15-12(10)13(17)14(21-15)16(20)19(2)11-6-4-3-5-7-11/h8-9,11H,3-7,17H2,1-2H3. The first kappa shape index (κ1) is 14.3. The van der Waals surface area contributed by atoms with Gasteiger partial charge in [-0.25, -0.2) is 4.98 Å². The largest absolute Gasteiger partial charge is 0.397 e. The van der Waals surface area contributed by atoms with Crippen LogP contribution >= 0.6 is 11.3 Å². The summed E-state index contributed by atoms with van der Waals surface area (Å²) in [7, 11) is 1.91. The third-order valence-corrected chi connectivity index (χ3v) is 5.58. The lowest BCUT2D eigenvalue weighted by molar-refractivity contribution is 0.0702. The van der Waals surface area contributed by atoms with E-state index in [1.165, 1.54) is 30.6 Å². The van der Waals surface area contributed by atoms with Crippen molar-refractivity contribution in [1.29, 1.82) is 0 Å². The van der Waals surface area contributed by atoms with Gasteiger partial charge < -0.3 is 10.6 Å². The number of aromatic nitrogens is 1. The van der Waals surface area contributed by atoms with Crippen molar-refractivity contribution in [3.8, 4) is 0 Å². The number of amides is 1. The Morgan fingerprint density at radius 1 is 1.38 bits per heavy atom. The zero-order chi connectivity index (χ0) is 15.0. The summed E-state index contributed by atoms with van der Waals surface area (Å²) in [5, 5.41) is 0.933. The van der Waals surface area contributed by atoms with Crippen molar-refractivity contribution in [2.24, 2.45) is 0 Å². The fraction of sp³-hybridized carbons (Fsp3) is 0.500. The lowest BCUT2D eigenvalue weighted by atomic mass is 9.94. The normalized spacial score (nSPS) is 16.3. The summed E-state index contributed by atoms with van der Waals surface area (Å²) in [6.45, 7) is 2.01. The predicted octanol–water partition coefficient (Wildman–Crippen LogP) is 3.59. The van der Waals surface area contributed by atoms with Crippen LogP contribution in [-0.2, 0) is 0 Å². The van der Waals surface area contributed by atoms with Crippen LogP contribution in [-0.4, -0.2) is 28.9 Å². The lowest BCUT2D eigenvalue weighted by Crippen LogP contribution is -2.38. The minimum atomic E-state index is 0.0433. The second-order valence-corrected chi connectivity index (χ2v) is 6.86. The molecule has 112 valence electrons. The summed E-state index contributed by atoms with van der Waals surface area (Å²) in [4.78, 5) is 20.5. The molecule has 0 unspecified atom stereocenters. The molecule has 0 aromatic carbocycles. The minimum Gasteiger partial charge on any atom is -0.397 e. The van der Waals surface area contributed by atoms with Gasteiger partial charge in [-0.15, -0.1) is 11.3 Å². The molecule has 1 fully saturated rings. The number of anilines is 1. The Balaban J connectivity index is 1.94. The lowest BCUT2D eigenvalue weighted by Gasteiger charge is -2.31. The van der Waals surface area contributed by atoms with Crippen LogP contribution in [0.15, 0.2) is 12.3 Å². The van der Waals surface area contributed by atoms with Crippen molar-refractivity contribution in [3.63, 3.8) is 0 Å². The van der Waals surface area contributed by atoms with Crippen LogP contribution in [0.25, 0.3) is 10.2 Å². The molecule has 5 heteroatoms. The SMILES string of the molecule is Cc1ccnc2sc(C(=O)N(C)C3CCCCC3)c(N)c12. The number of carbonyl (C=O) groups is 1. The second kappa shape index (κ2) is 5.64. The highest BCUT2D eigenvalue weighted by Crippen LogP contribution is 2.35. The van der Waals surface area contributed by atoms with E-state index in [4.69, 9.17) is 5.73 Å². The molecule has 1 aliphatic carbocycles. The third kappa shape index (κ3) is 2.50. The molecule has 3 rings (SSSR count). The molecule has 0 atom stereocenters. The maximum atomic E-state index is 12.8. The molecule has 1 saturated carbocycles. The average molecular weight is 303 g/mol. The summed E-state index contributed by atoms with van der Waals surface area (Å²) in [6, 6.07) is 2.29. The molecule has 4 nitrogen and oxygen atoms in total. The van der Waals surface area contributed by atoms with Gasteiger partial charge in [-0.3, -0.25) is 4.79 Å².